The molecule has 0 aromatic carbocycles. The van der Waals surface area contributed by atoms with Gasteiger partial charge in [-0.1, -0.05) is 11.3 Å². The van der Waals surface area contributed by atoms with E-state index < -0.39 is 0 Å². The quantitative estimate of drug-likeness (QED) is 0.756. The lowest BCUT2D eigenvalue weighted by Gasteiger charge is -2.15. The van der Waals surface area contributed by atoms with E-state index in [9.17, 15) is 0 Å². The second-order valence-electron chi connectivity index (χ2n) is 3.63. The second-order valence-corrected chi connectivity index (χ2v) is 4.69. The van der Waals surface area contributed by atoms with Crippen LogP contribution in [0, 0.1) is 0 Å². The lowest BCUT2D eigenvalue weighted by atomic mass is 10.3. The minimum absolute atomic E-state index is 0.241. The Bertz CT molecular complexity index is 289. The molecule has 5 nitrogen and oxygen atoms in total. The van der Waals surface area contributed by atoms with E-state index in [4.69, 9.17) is 5.11 Å². The molecule has 1 aromatic rings. The zero-order valence-corrected chi connectivity index (χ0v) is 10.2. The number of anilines is 1. The van der Waals surface area contributed by atoms with E-state index in [1.165, 1.54) is 0 Å². The zero-order valence-electron chi connectivity index (χ0n) is 9.40. The Morgan fingerprint density at radius 2 is 2.27 bits per heavy atom. The summed E-state index contributed by atoms with van der Waals surface area (Å²) < 4.78 is 0. The van der Waals surface area contributed by atoms with Crippen LogP contribution in [0.4, 0.5) is 5.13 Å². The number of nitrogens with zero attached hydrogens (tertiary/aromatic N) is 3. The van der Waals surface area contributed by atoms with Gasteiger partial charge in [-0.3, -0.25) is 4.90 Å². The molecule has 15 heavy (non-hydrogen) atoms. The molecular formula is C9H18N4OS. The van der Waals surface area contributed by atoms with Crippen LogP contribution in [0.1, 0.15) is 18.4 Å². The Kier molecular flexibility index (Phi) is 4.93. The van der Waals surface area contributed by atoms with Crippen LogP contribution >= 0.6 is 11.3 Å². The highest BCUT2D eigenvalue weighted by atomic mass is 32.1. The standard InChI is InChI=1S/C9H18N4OS/c1-7(14)4-5-13(3)6-8-11-12-9(10-2)15-8/h7,14H,4-6H2,1-3H3,(H,10,12). The fourth-order valence-electron chi connectivity index (χ4n) is 1.14. The third-order valence-electron chi connectivity index (χ3n) is 2.01. The van der Waals surface area contributed by atoms with Crippen LogP contribution < -0.4 is 5.32 Å². The fraction of sp³-hybridized carbons (Fsp3) is 0.778. The van der Waals surface area contributed by atoms with Crippen LogP contribution in [0.2, 0.25) is 0 Å². The van der Waals surface area contributed by atoms with Crippen molar-refractivity contribution in [2.75, 3.05) is 26.0 Å². The first kappa shape index (κ1) is 12.4. The maximum absolute atomic E-state index is 9.15. The second kappa shape index (κ2) is 5.99. The minimum Gasteiger partial charge on any atom is -0.393 e. The first-order valence-electron chi connectivity index (χ1n) is 4.98. The zero-order chi connectivity index (χ0) is 11.3. The number of rotatable bonds is 6. The van der Waals surface area contributed by atoms with Crippen molar-refractivity contribution < 1.29 is 5.11 Å². The van der Waals surface area contributed by atoms with E-state index in [0.717, 1.165) is 29.6 Å². The van der Waals surface area contributed by atoms with Gasteiger partial charge in [0.1, 0.15) is 5.01 Å². The van der Waals surface area contributed by atoms with Crippen molar-refractivity contribution in [1.82, 2.24) is 15.1 Å². The monoisotopic (exact) mass is 230 g/mol. The Labute approximate surface area is 94.1 Å². The molecule has 0 aliphatic heterocycles. The summed E-state index contributed by atoms with van der Waals surface area (Å²) in [6, 6.07) is 0. The number of aliphatic hydroxyl groups is 1. The first-order valence-corrected chi connectivity index (χ1v) is 5.80. The summed E-state index contributed by atoms with van der Waals surface area (Å²) >= 11 is 1.56. The predicted molar refractivity (Wildman–Crippen MR) is 62.1 cm³/mol. The van der Waals surface area contributed by atoms with Crippen molar-refractivity contribution in [3.05, 3.63) is 5.01 Å². The van der Waals surface area contributed by atoms with E-state index in [0.29, 0.717) is 0 Å². The molecule has 0 fully saturated rings. The van der Waals surface area contributed by atoms with Gasteiger partial charge in [0.25, 0.3) is 0 Å². The average Bonchev–Trinajstić information content (AvgIpc) is 2.62. The molecule has 0 amide bonds. The maximum atomic E-state index is 9.15. The van der Waals surface area contributed by atoms with Gasteiger partial charge in [0.05, 0.1) is 12.6 Å². The Morgan fingerprint density at radius 1 is 1.53 bits per heavy atom. The normalized spacial score (nSPS) is 13.1. The summed E-state index contributed by atoms with van der Waals surface area (Å²) in [6.07, 6.45) is 0.545. The predicted octanol–water partition coefficient (Wildman–Crippen LogP) is 0.782. The Morgan fingerprint density at radius 3 is 2.80 bits per heavy atom. The summed E-state index contributed by atoms with van der Waals surface area (Å²) in [7, 11) is 3.85. The molecular weight excluding hydrogens is 212 g/mol. The lowest BCUT2D eigenvalue weighted by Crippen LogP contribution is -2.21. The maximum Gasteiger partial charge on any atom is 0.205 e. The van der Waals surface area contributed by atoms with Gasteiger partial charge in [-0.15, -0.1) is 10.2 Å². The number of hydrogen-bond acceptors (Lipinski definition) is 6. The lowest BCUT2D eigenvalue weighted by molar-refractivity contribution is 0.163. The van der Waals surface area contributed by atoms with Gasteiger partial charge in [0.2, 0.25) is 5.13 Å². The van der Waals surface area contributed by atoms with Crippen molar-refractivity contribution in [3.8, 4) is 0 Å². The molecule has 0 aliphatic rings. The first-order chi connectivity index (χ1) is 7.11. The van der Waals surface area contributed by atoms with Crippen molar-refractivity contribution in [3.63, 3.8) is 0 Å². The fourth-order valence-corrected chi connectivity index (χ4v) is 1.91. The summed E-state index contributed by atoms with van der Waals surface area (Å²) in [5.41, 5.74) is 0. The SMILES string of the molecule is CNc1nnc(CN(C)CCC(C)O)s1. The van der Waals surface area contributed by atoms with Gasteiger partial charge in [-0.05, 0) is 20.4 Å². The third-order valence-corrected chi connectivity index (χ3v) is 2.94. The van der Waals surface area contributed by atoms with E-state index in [-0.39, 0.29) is 6.10 Å². The highest BCUT2D eigenvalue weighted by Crippen LogP contribution is 2.15. The van der Waals surface area contributed by atoms with Crippen molar-refractivity contribution in [2.24, 2.45) is 0 Å². The van der Waals surface area contributed by atoms with E-state index in [1.54, 1.807) is 18.3 Å². The highest BCUT2D eigenvalue weighted by molar-refractivity contribution is 7.15. The van der Waals surface area contributed by atoms with Gasteiger partial charge in [0.15, 0.2) is 0 Å². The summed E-state index contributed by atoms with van der Waals surface area (Å²) in [4.78, 5) is 2.13. The molecule has 2 N–H and O–H groups in total. The van der Waals surface area contributed by atoms with Gasteiger partial charge < -0.3 is 10.4 Å². The number of hydrogen-bond donors (Lipinski definition) is 2. The summed E-state index contributed by atoms with van der Waals surface area (Å²) in [6.45, 7) is 3.45. The van der Waals surface area contributed by atoms with Crippen LogP contribution in [-0.2, 0) is 6.54 Å². The molecule has 0 spiro atoms. The third kappa shape index (κ3) is 4.55. The summed E-state index contributed by atoms with van der Waals surface area (Å²) in [5, 5.41) is 22.0. The van der Waals surface area contributed by atoms with E-state index in [2.05, 4.69) is 20.4 Å². The van der Waals surface area contributed by atoms with Crippen LogP contribution in [0.3, 0.4) is 0 Å². The van der Waals surface area contributed by atoms with E-state index in [1.807, 2.05) is 14.1 Å². The van der Waals surface area contributed by atoms with Gasteiger partial charge >= 0.3 is 0 Å². The molecule has 0 bridgehead atoms. The average molecular weight is 230 g/mol. The number of aliphatic hydroxyl groups excluding tert-OH is 1. The molecule has 0 radical (unpaired) electrons. The van der Waals surface area contributed by atoms with Crippen LogP contribution in [0.25, 0.3) is 0 Å². The van der Waals surface area contributed by atoms with Gasteiger partial charge in [-0.2, -0.15) is 0 Å². The molecule has 1 unspecified atom stereocenters. The molecule has 0 saturated carbocycles. The molecule has 1 heterocycles. The number of aromatic nitrogens is 2. The minimum atomic E-state index is -0.241. The molecule has 1 atom stereocenters. The molecule has 0 aliphatic carbocycles. The topological polar surface area (TPSA) is 61.3 Å². The van der Waals surface area contributed by atoms with Crippen LogP contribution in [-0.4, -0.2) is 46.9 Å². The van der Waals surface area contributed by atoms with Crippen molar-refractivity contribution in [2.45, 2.75) is 26.0 Å². The number of nitrogens with one attached hydrogen (secondary N) is 1. The Hall–Kier alpha value is -0.720. The molecule has 86 valence electrons. The smallest absolute Gasteiger partial charge is 0.205 e. The molecule has 0 saturated heterocycles. The molecule has 1 aromatic heterocycles. The Balaban J connectivity index is 2.33. The van der Waals surface area contributed by atoms with Crippen LogP contribution in [0.5, 0.6) is 0 Å². The molecule has 1 rings (SSSR count). The summed E-state index contributed by atoms with van der Waals surface area (Å²) in [5.74, 6) is 0. The largest absolute Gasteiger partial charge is 0.393 e. The molecule has 6 heteroatoms. The van der Waals surface area contributed by atoms with Crippen LogP contribution in [0.15, 0.2) is 0 Å². The highest BCUT2D eigenvalue weighted by Gasteiger charge is 2.06. The van der Waals surface area contributed by atoms with Gasteiger partial charge in [0, 0.05) is 13.6 Å². The van der Waals surface area contributed by atoms with Crippen molar-refractivity contribution in [1.29, 1.82) is 0 Å². The van der Waals surface area contributed by atoms with Crippen molar-refractivity contribution >= 4 is 16.5 Å². The van der Waals surface area contributed by atoms with Gasteiger partial charge in [-0.25, -0.2) is 0 Å². The van der Waals surface area contributed by atoms with E-state index >= 15 is 0 Å².